The predicted molar refractivity (Wildman–Crippen MR) is 84.0 cm³/mol. The van der Waals surface area contributed by atoms with Crippen molar-refractivity contribution < 1.29 is 9.90 Å². The molecule has 0 atom stereocenters. The van der Waals surface area contributed by atoms with E-state index in [1.165, 1.54) is 6.20 Å². The van der Waals surface area contributed by atoms with Crippen LogP contribution in [0.15, 0.2) is 47.7 Å². The first kappa shape index (κ1) is 13.4. The largest absolute Gasteiger partial charge is 0.508 e. The maximum atomic E-state index is 12.3. The highest BCUT2D eigenvalue weighted by Gasteiger charge is 2.16. The Hall–Kier alpha value is -3.22. The van der Waals surface area contributed by atoms with Gasteiger partial charge >= 0.3 is 0 Å². The third kappa shape index (κ3) is 2.32. The van der Waals surface area contributed by atoms with Gasteiger partial charge in [-0.1, -0.05) is 0 Å². The van der Waals surface area contributed by atoms with E-state index in [4.69, 9.17) is 0 Å². The first-order valence-corrected chi connectivity index (χ1v) is 7.19. The average molecular weight is 307 g/mol. The monoisotopic (exact) mass is 307 g/mol. The van der Waals surface area contributed by atoms with Crippen LogP contribution in [0.2, 0.25) is 0 Å². The van der Waals surface area contributed by atoms with Crippen molar-refractivity contribution in [3.8, 4) is 5.75 Å². The van der Waals surface area contributed by atoms with Crippen LogP contribution in [0.4, 0.5) is 5.82 Å². The van der Waals surface area contributed by atoms with Crippen molar-refractivity contribution >= 4 is 22.6 Å². The van der Waals surface area contributed by atoms with E-state index < -0.39 is 5.91 Å². The first-order valence-electron chi connectivity index (χ1n) is 7.19. The van der Waals surface area contributed by atoms with Crippen LogP contribution in [0.3, 0.4) is 0 Å². The quantitative estimate of drug-likeness (QED) is 0.707. The van der Waals surface area contributed by atoms with Crippen LogP contribution in [-0.4, -0.2) is 32.1 Å². The van der Waals surface area contributed by atoms with Gasteiger partial charge in [0.25, 0.3) is 5.91 Å². The van der Waals surface area contributed by atoms with Gasteiger partial charge in [0.1, 0.15) is 11.6 Å². The Balaban J connectivity index is 1.93. The lowest BCUT2D eigenvalue weighted by molar-refractivity contribution is 0.0996. The number of anilines is 1. The fraction of sp³-hybridized carbons (Fsp3) is 0.125. The molecule has 0 unspecified atom stereocenters. The van der Waals surface area contributed by atoms with Crippen molar-refractivity contribution in [3.63, 3.8) is 0 Å². The summed E-state index contributed by atoms with van der Waals surface area (Å²) in [5, 5.41) is 13.8. The predicted octanol–water partition coefficient (Wildman–Crippen LogP) is 1.30. The van der Waals surface area contributed by atoms with Gasteiger partial charge in [0, 0.05) is 36.9 Å². The zero-order chi connectivity index (χ0) is 15.8. The normalized spacial score (nSPS) is 13.8. The second-order valence-corrected chi connectivity index (χ2v) is 5.20. The number of phenols is 1. The number of nitrogens with zero attached hydrogens (tertiary/aromatic N) is 4. The van der Waals surface area contributed by atoms with Gasteiger partial charge in [-0.05, 0) is 24.3 Å². The fourth-order valence-corrected chi connectivity index (χ4v) is 2.64. The number of hydrogen-bond donors (Lipinski definition) is 2. The molecule has 0 saturated carbocycles. The van der Waals surface area contributed by atoms with E-state index in [0.717, 1.165) is 17.7 Å². The topological polar surface area (TPSA) is 92.4 Å². The lowest BCUT2D eigenvalue weighted by Crippen LogP contribution is -2.24. The molecule has 0 fully saturated rings. The van der Waals surface area contributed by atoms with Crippen LogP contribution in [0.5, 0.6) is 5.75 Å². The SMILES string of the molecule is O=C(N=c1nc2cc(O)ccc2c2n1CCN2)c1cccnc1. The van der Waals surface area contributed by atoms with Crippen molar-refractivity contribution in [2.45, 2.75) is 6.54 Å². The van der Waals surface area contributed by atoms with Crippen LogP contribution in [0, 0.1) is 0 Å². The van der Waals surface area contributed by atoms with E-state index in [1.807, 2.05) is 4.57 Å². The molecule has 2 aromatic heterocycles. The second kappa shape index (κ2) is 5.20. The number of benzene rings is 1. The van der Waals surface area contributed by atoms with E-state index >= 15 is 0 Å². The van der Waals surface area contributed by atoms with E-state index in [0.29, 0.717) is 23.2 Å². The number of pyridine rings is 1. The molecule has 114 valence electrons. The summed E-state index contributed by atoms with van der Waals surface area (Å²) in [7, 11) is 0. The van der Waals surface area contributed by atoms with Crippen molar-refractivity contribution in [1.82, 2.24) is 14.5 Å². The number of carbonyl (C=O) groups is 1. The minimum atomic E-state index is -0.397. The zero-order valence-electron chi connectivity index (χ0n) is 12.1. The summed E-state index contributed by atoms with van der Waals surface area (Å²) in [6.07, 6.45) is 3.08. The van der Waals surface area contributed by atoms with E-state index in [-0.39, 0.29) is 5.75 Å². The summed E-state index contributed by atoms with van der Waals surface area (Å²) in [6.45, 7) is 1.42. The molecule has 1 aliphatic rings. The Kier molecular flexibility index (Phi) is 3.04. The lowest BCUT2D eigenvalue weighted by Gasteiger charge is -2.08. The van der Waals surface area contributed by atoms with Crippen LogP contribution >= 0.6 is 0 Å². The number of fused-ring (bicyclic) bond motifs is 3. The van der Waals surface area contributed by atoms with Gasteiger partial charge in [-0.25, -0.2) is 4.98 Å². The standard InChI is InChI=1S/C16H13N5O2/c22-11-3-4-12-13(8-11)19-16(21-7-6-18-14(12)21)20-15(23)10-2-1-5-17-9-10/h1-5,8-9,18,22H,6-7H2. The van der Waals surface area contributed by atoms with Gasteiger partial charge in [0.05, 0.1) is 11.1 Å². The molecule has 2 N–H and O–H groups in total. The summed E-state index contributed by atoms with van der Waals surface area (Å²) >= 11 is 0. The molecule has 0 radical (unpaired) electrons. The Bertz CT molecular complexity index is 979. The highest BCUT2D eigenvalue weighted by Crippen LogP contribution is 2.25. The molecule has 0 bridgehead atoms. The number of rotatable bonds is 1. The van der Waals surface area contributed by atoms with Gasteiger partial charge in [0.15, 0.2) is 0 Å². The van der Waals surface area contributed by atoms with Gasteiger partial charge in [-0.2, -0.15) is 4.99 Å². The molecule has 0 aliphatic carbocycles. The Morgan fingerprint density at radius 2 is 2.26 bits per heavy atom. The maximum Gasteiger partial charge on any atom is 0.281 e. The van der Waals surface area contributed by atoms with Crippen molar-refractivity contribution in [2.75, 3.05) is 11.9 Å². The molecule has 0 spiro atoms. The number of nitrogens with one attached hydrogen (secondary N) is 1. The highest BCUT2D eigenvalue weighted by molar-refractivity contribution is 5.95. The number of phenolic OH excluding ortho intramolecular Hbond substituents is 1. The number of amides is 1. The minimum absolute atomic E-state index is 0.123. The molecule has 0 saturated heterocycles. The fourth-order valence-electron chi connectivity index (χ4n) is 2.64. The molecule has 3 heterocycles. The Morgan fingerprint density at radius 1 is 1.35 bits per heavy atom. The highest BCUT2D eigenvalue weighted by atomic mass is 16.3. The van der Waals surface area contributed by atoms with E-state index in [1.54, 1.807) is 36.5 Å². The van der Waals surface area contributed by atoms with E-state index in [2.05, 4.69) is 20.3 Å². The first-order chi connectivity index (χ1) is 11.2. The number of carbonyl (C=O) groups excluding carboxylic acids is 1. The molecule has 1 aliphatic heterocycles. The molecule has 7 nitrogen and oxygen atoms in total. The summed E-state index contributed by atoms with van der Waals surface area (Å²) in [5.41, 5.74) is 1.31. The second-order valence-electron chi connectivity index (χ2n) is 5.20. The zero-order valence-corrected chi connectivity index (χ0v) is 12.1. The van der Waals surface area contributed by atoms with Gasteiger partial charge in [-0.3, -0.25) is 14.3 Å². The molecule has 23 heavy (non-hydrogen) atoms. The van der Waals surface area contributed by atoms with Crippen LogP contribution in [-0.2, 0) is 6.54 Å². The maximum absolute atomic E-state index is 12.3. The van der Waals surface area contributed by atoms with Crippen LogP contribution in [0.1, 0.15) is 10.4 Å². The number of hydrogen-bond acceptors (Lipinski definition) is 5. The van der Waals surface area contributed by atoms with Crippen molar-refractivity contribution in [1.29, 1.82) is 0 Å². The summed E-state index contributed by atoms with van der Waals surface area (Å²) < 4.78 is 1.87. The van der Waals surface area contributed by atoms with Crippen molar-refractivity contribution in [2.24, 2.45) is 4.99 Å². The molecular weight excluding hydrogens is 294 g/mol. The number of aromatic hydroxyl groups is 1. The minimum Gasteiger partial charge on any atom is -0.508 e. The molecule has 1 aromatic carbocycles. The third-order valence-corrected chi connectivity index (χ3v) is 3.71. The van der Waals surface area contributed by atoms with Crippen LogP contribution < -0.4 is 10.9 Å². The molecule has 7 heteroatoms. The Morgan fingerprint density at radius 3 is 3.09 bits per heavy atom. The molecule has 3 aromatic rings. The average Bonchev–Trinajstić information content (AvgIpc) is 3.05. The third-order valence-electron chi connectivity index (χ3n) is 3.71. The van der Waals surface area contributed by atoms with Gasteiger partial charge in [0.2, 0.25) is 5.62 Å². The molecule has 4 rings (SSSR count). The van der Waals surface area contributed by atoms with Gasteiger partial charge < -0.3 is 10.4 Å². The van der Waals surface area contributed by atoms with E-state index in [9.17, 15) is 9.90 Å². The lowest BCUT2D eigenvalue weighted by atomic mass is 10.2. The van der Waals surface area contributed by atoms with Gasteiger partial charge in [-0.15, -0.1) is 0 Å². The summed E-state index contributed by atoms with van der Waals surface area (Å²) in [5.74, 6) is 0.580. The van der Waals surface area contributed by atoms with Crippen molar-refractivity contribution in [3.05, 3.63) is 53.9 Å². The van der Waals surface area contributed by atoms with Crippen LogP contribution in [0.25, 0.3) is 10.9 Å². The summed E-state index contributed by atoms with van der Waals surface area (Å²) in [6, 6.07) is 8.32. The number of aromatic nitrogens is 3. The smallest absolute Gasteiger partial charge is 0.281 e. The summed E-state index contributed by atoms with van der Waals surface area (Å²) in [4.78, 5) is 24.8. The Labute approximate surface area is 131 Å². The molecular formula is C16H13N5O2. The molecule has 1 amide bonds.